The molecule has 0 amide bonds. The molecule has 4 aromatic heterocycles. The van der Waals surface area contributed by atoms with Crippen LogP contribution in [-0.2, 0) is 0 Å². The molecule has 8 aromatic carbocycles. The molecule has 0 fully saturated rings. The highest BCUT2D eigenvalue weighted by Gasteiger charge is 2.27. The summed E-state index contributed by atoms with van der Waals surface area (Å²) >= 11 is 0. The van der Waals surface area contributed by atoms with Crippen molar-refractivity contribution in [2.75, 3.05) is 0 Å². The summed E-state index contributed by atoms with van der Waals surface area (Å²) in [5.74, 6) is 0. The van der Waals surface area contributed by atoms with Crippen molar-refractivity contribution in [3.05, 3.63) is 170 Å². The number of aromatic nitrogens is 2. The van der Waals surface area contributed by atoms with E-state index in [1.807, 2.05) is 12.1 Å². The fourth-order valence-electron chi connectivity index (χ4n) is 8.76. The Labute approximate surface area is 296 Å². The van der Waals surface area contributed by atoms with E-state index in [0.29, 0.717) is 0 Å². The minimum atomic E-state index is 0.886. The average molecular weight is 665 g/mol. The quantitative estimate of drug-likeness (QED) is 0.188. The van der Waals surface area contributed by atoms with E-state index in [9.17, 15) is 0 Å². The van der Waals surface area contributed by atoms with Crippen molar-refractivity contribution in [2.45, 2.75) is 0 Å². The van der Waals surface area contributed by atoms with E-state index in [-0.39, 0.29) is 0 Å². The summed E-state index contributed by atoms with van der Waals surface area (Å²) < 4.78 is 18.2. The molecular formula is C48H28N2O2. The molecule has 0 aliphatic carbocycles. The summed E-state index contributed by atoms with van der Waals surface area (Å²) in [5, 5.41) is 9.29. The minimum Gasteiger partial charge on any atom is -0.455 e. The molecule has 4 heteroatoms. The summed E-state index contributed by atoms with van der Waals surface area (Å²) in [5.41, 5.74) is 12.5. The minimum absolute atomic E-state index is 0.886. The lowest BCUT2D eigenvalue weighted by Crippen LogP contribution is -1.96. The van der Waals surface area contributed by atoms with Crippen molar-refractivity contribution in [1.29, 1.82) is 0 Å². The standard InChI is InChI=1S/C48H28N2O2/c1-2-13-30(14-3-1)50-39-22-9-5-17-36(39)44-45-42(43-37-18-7-11-24-41(37)52-48(43)46(44)50)35-16-4-8-21-38(35)49(45)31-27-25-29(26-28-31)32-19-12-20-34-33-15-6-10-23-40(33)51-47(32)34/h1-28H. The Hall–Kier alpha value is -7.04. The van der Waals surface area contributed by atoms with Gasteiger partial charge in [-0.15, -0.1) is 0 Å². The maximum atomic E-state index is 6.91. The Bertz CT molecular complexity index is 3390. The molecule has 242 valence electrons. The second-order valence-corrected chi connectivity index (χ2v) is 13.6. The van der Waals surface area contributed by atoms with E-state index in [1.54, 1.807) is 0 Å². The SMILES string of the molecule is c1ccc(-n2c3ccccc3c3c2c2oc4ccccc4c2c2c4ccccc4n(-c4ccc(-c5cccc6c5oc5ccccc56)cc4)c23)cc1. The Balaban J connectivity index is 1.23. The van der Waals surface area contributed by atoms with Gasteiger partial charge in [-0.25, -0.2) is 0 Å². The van der Waals surface area contributed by atoms with Crippen molar-refractivity contribution in [1.82, 2.24) is 9.13 Å². The van der Waals surface area contributed by atoms with Gasteiger partial charge in [0.15, 0.2) is 5.58 Å². The number of rotatable bonds is 3. The third kappa shape index (κ3) is 3.60. The fourth-order valence-corrected chi connectivity index (χ4v) is 8.76. The highest BCUT2D eigenvalue weighted by molar-refractivity contribution is 6.39. The molecule has 52 heavy (non-hydrogen) atoms. The van der Waals surface area contributed by atoms with Gasteiger partial charge in [0, 0.05) is 60.0 Å². The second-order valence-electron chi connectivity index (χ2n) is 13.6. The van der Waals surface area contributed by atoms with Gasteiger partial charge >= 0.3 is 0 Å². The third-order valence-electron chi connectivity index (χ3n) is 10.9. The maximum Gasteiger partial charge on any atom is 0.160 e. The van der Waals surface area contributed by atoms with Gasteiger partial charge in [0.25, 0.3) is 0 Å². The first-order chi connectivity index (χ1) is 25.8. The normalized spacial score (nSPS) is 12.2. The van der Waals surface area contributed by atoms with E-state index >= 15 is 0 Å². The highest BCUT2D eigenvalue weighted by Crippen LogP contribution is 2.49. The van der Waals surface area contributed by atoms with Crippen LogP contribution in [0.2, 0.25) is 0 Å². The van der Waals surface area contributed by atoms with Crippen molar-refractivity contribution in [2.24, 2.45) is 0 Å². The molecule has 0 atom stereocenters. The smallest absolute Gasteiger partial charge is 0.160 e. The molecule has 0 bridgehead atoms. The van der Waals surface area contributed by atoms with Crippen molar-refractivity contribution < 1.29 is 8.83 Å². The van der Waals surface area contributed by atoms with Crippen LogP contribution in [0.25, 0.3) is 110 Å². The predicted octanol–water partition coefficient (Wildman–Crippen LogP) is 13.3. The molecule has 0 spiro atoms. The van der Waals surface area contributed by atoms with Gasteiger partial charge in [-0.3, -0.25) is 0 Å². The van der Waals surface area contributed by atoms with Crippen LogP contribution in [0.15, 0.2) is 179 Å². The molecule has 12 rings (SSSR count). The van der Waals surface area contributed by atoms with E-state index in [0.717, 1.165) is 82.9 Å². The van der Waals surface area contributed by atoms with E-state index < -0.39 is 0 Å². The van der Waals surface area contributed by atoms with Crippen LogP contribution in [0.3, 0.4) is 0 Å². The van der Waals surface area contributed by atoms with E-state index in [2.05, 4.69) is 167 Å². The van der Waals surface area contributed by atoms with Crippen LogP contribution in [0.5, 0.6) is 0 Å². The first kappa shape index (κ1) is 27.7. The van der Waals surface area contributed by atoms with Crippen LogP contribution in [0, 0.1) is 0 Å². The van der Waals surface area contributed by atoms with Crippen molar-refractivity contribution in [3.63, 3.8) is 0 Å². The van der Waals surface area contributed by atoms with Gasteiger partial charge in [0.2, 0.25) is 0 Å². The molecule has 4 heterocycles. The monoisotopic (exact) mass is 664 g/mol. The number of fused-ring (bicyclic) bond motifs is 15. The number of furan rings is 2. The molecule has 0 radical (unpaired) electrons. The van der Waals surface area contributed by atoms with Crippen LogP contribution < -0.4 is 0 Å². The first-order valence-corrected chi connectivity index (χ1v) is 17.7. The molecule has 0 aliphatic heterocycles. The molecule has 12 aromatic rings. The lowest BCUT2D eigenvalue weighted by Gasteiger charge is -2.12. The number of benzene rings is 8. The van der Waals surface area contributed by atoms with Crippen molar-refractivity contribution >= 4 is 87.5 Å². The summed E-state index contributed by atoms with van der Waals surface area (Å²) in [7, 11) is 0. The Morgan fingerprint density at radius 2 is 0.865 bits per heavy atom. The summed E-state index contributed by atoms with van der Waals surface area (Å²) in [4.78, 5) is 0. The van der Waals surface area contributed by atoms with Gasteiger partial charge in [-0.1, -0.05) is 121 Å². The van der Waals surface area contributed by atoms with Gasteiger partial charge in [0.05, 0.1) is 22.1 Å². The molecule has 4 nitrogen and oxygen atoms in total. The van der Waals surface area contributed by atoms with Crippen molar-refractivity contribution in [3.8, 4) is 22.5 Å². The molecule has 0 saturated carbocycles. The lowest BCUT2D eigenvalue weighted by atomic mass is 10.0. The zero-order valence-electron chi connectivity index (χ0n) is 27.9. The Morgan fingerprint density at radius 3 is 1.62 bits per heavy atom. The maximum absolute atomic E-state index is 6.91. The van der Waals surface area contributed by atoms with Gasteiger partial charge < -0.3 is 18.0 Å². The van der Waals surface area contributed by atoms with Gasteiger partial charge in [-0.05, 0) is 54.1 Å². The topological polar surface area (TPSA) is 36.1 Å². The molecule has 0 aliphatic rings. The van der Waals surface area contributed by atoms with Gasteiger partial charge in [0.1, 0.15) is 16.7 Å². The highest BCUT2D eigenvalue weighted by atomic mass is 16.3. The molecular weight excluding hydrogens is 637 g/mol. The zero-order valence-corrected chi connectivity index (χ0v) is 27.9. The number of nitrogens with zero attached hydrogens (tertiary/aromatic N) is 2. The average Bonchev–Trinajstić information content (AvgIpc) is 3.96. The zero-order chi connectivity index (χ0) is 33.9. The van der Waals surface area contributed by atoms with E-state index in [1.165, 1.54) is 27.1 Å². The molecule has 0 unspecified atom stereocenters. The van der Waals surface area contributed by atoms with Gasteiger partial charge in [-0.2, -0.15) is 0 Å². The summed E-state index contributed by atoms with van der Waals surface area (Å²) in [6.07, 6.45) is 0. The van der Waals surface area contributed by atoms with Crippen LogP contribution in [0.4, 0.5) is 0 Å². The molecule has 0 N–H and O–H groups in total. The second kappa shape index (κ2) is 10.3. The van der Waals surface area contributed by atoms with E-state index in [4.69, 9.17) is 8.83 Å². The van der Waals surface area contributed by atoms with Crippen LogP contribution >= 0.6 is 0 Å². The largest absolute Gasteiger partial charge is 0.455 e. The first-order valence-electron chi connectivity index (χ1n) is 17.7. The Morgan fingerprint density at radius 1 is 0.327 bits per heavy atom. The Kier molecular flexibility index (Phi) is 5.47. The number of hydrogen-bond donors (Lipinski definition) is 0. The van der Waals surface area contributed by atoms with Crippen LogP contribution in [0.1, 0.15) is 0 Å². The fraction of sp³-hybridized carbons (Fsp3) is 0. The third-order valence-corrected chi connectivity index (χ3v) is 10.9. The lowest BCUT2D eigenvalue weighted by molar-refractivity contribution is 0.670. The predicted molar refractivity (Wildman–Crippen MR) is 215 cm³/mol. The summed E-state index contributed by atoms with van der Waals surface area (Å²) in [6.45, 7) is 0. The molecule has 0 saturated heterocycles. The number of para-hydroxylation sites is 6. The number of hydrogen-bond acceptors (Lipinski definition) is 2. The van der Waals surface area contributed by atoms with Crippen LogP contribution in [-0.4, -0.2) is 9.13 Å². The summed E-state index contributed by atoms with van der Waals surface area (Å²) in [6, 6.07) is 60.3.